The van der Waals surface area contributed by atoms with Crippen molar-refractivity contribution in [1.29, 1.82) is 0 Å². The molecule has 5 amide bonds. The SMILES string of the molecule is CC(C)(C)OC(=O)N[C@H]1CCCCC/C=C/[C@@H]2C[C@@]2(C(=O)NS(=O)(=O)c2cc(C(=O)O)c(Cl)cc2F)NC(=O)[C@@H]2C[C@@H](OC(=O)N3Cc4ccccc4C3)CN2C1=O. The first-order chi connectivity index (χ1) is 27.3. The van der Waals surface area contributed by atoms with Gasteiger partial charge in [-0.2, -0.15) is 0 Å². The normalized spacial score (nSPS) is 25.5. The molecule has 0 spiro atoms. The van der Waals surface area contributed by atoms with E-state index in [1.165, 1.54) is 9.80 Å². The predicted octanol–water partition coefficient (Wildman–Crippen LogP) is 4.39. The van der Waals surface area contributed by atoms with Crippen molar-refractivity contribution in [1.82, 2.24) is 25.2 Å². The minimum Gasteiger partial charge on any atom is -0.478 e. The zero-order chi connectivity index (χ0) is 42.2. The molecule has 3 heterocycles. The maximum Gasteiger partial charge on any atom is 0.410 e. The van der Waals surface area contributed by atoms with E-state index in [4.69, 9.17) is 21.1 Å². The fraction of sp³-hybridized carbons (Fsp3) is 0.487. The molecule has 2 aromatic carbocycles. The highest BCUT2D eigenvalue weighted by Crippen LogP contribution is 2.46. The lowest BCUT2D eigenvalue weighted by Crippen LogP contribution is -2.58. The van der Waals surface area contributed by atoms with E-state index in [1.54, 1.807) is 37.6 Å². The summed E-state index contributed by atoms with van der Waals surface area (Å²) >= 11 is 5.80. The van der Waals surface area contributed by atoms with E-state index < -0.39 is 102 Å². The monoisotopic (exact) mass is 845 g/mol. The largest absolute Gasteiger partial charge is 0.478 e. The number of rotatable bonds is 6. The van der Waals surface area contributed by atoms with Gasteiger partial charge in [0.25, 0.3) is 15.9 Å². The second kappa shape index (κ2) is 16.6. The third kappa shape index (κ3) is 9.38. The van der Waals surface area contributed by atoms with Gasteiger partial charge in [-0.15, -0.1) is 0 Å². The fourth-order valence-corrected chi connectivity index (χ4v) is 8.82. The first kappa shape index (κ1) is 42.4. The van der Waals surface area contributed by atoms with Gasteiger partial charge in [-0.25, -0.2) is 31.9 Å². The van der Waals surface area contributed by atoms with Gasteiger partial charge in [0.2, 0.25) is 11.8 Å². The van der Waals surface area contributed by atoms with Crippen molar-refractivity contribution >= 4 is 57.5 Å². The van der Waals surface area contributed by atoms with Gasteiger partial charge in [-0.1, -0.05) is 60.9 Å². The van der Waals surface area contributed by atoms with Crippen LogP contribution in [0.5, 0.6) is 0 Å². The van der Waals surface area contributed by atoms with E-state index in [-0.39, 0.29) is 25.8 Å². The number of ether oxygens (including phenoxy) is 2. The van der Waals surface area contributed by atoms with Crippen LogP contribution in [-0.2, 0) is 47.0 Å². The van der Waals surface area contributed by atoms with Crippen molar-refractivity contribution in [2.75, 3.05) is 6.54 Å². The van der Waals surface area contributed by atoms with Gasteiger partial charge in [0.05, 0.1) is 17.1 Å². The molecular weight excluding hydrogens is 801 g/mol. The van der Waals surface area contributed by atoms with Gasteiger partial charge in [-0.3, -0.25) is 19.3 Å². The highest BCUT2D eigenvalue weighted by atomic mass is 35.5. The van der Waals surface area contributed by atoms with Crippen LogP contribution in [0.4, 0.5) is 14.0 Å². The Morgan fingerprint density at radius 3 is 2.40 bits per heavy atom. The number of fused-ring (bicyclic) bond motifs is 3. The molecule has 0 aromatic heterocycles. The molecule has 58 heavy (non-hydrogen) atoms. The van der Waals surface area contributed by atoms with E-state index in [1.807, 2.05) is 24.3 Å². The summed E-state index contributed by atoms with van der Waals surface area (Å²) in [5.41, 5.74) is -1.60. The second-order valence-corrected chi connectivity index (χ2v) is 18.0. The zero-order valence-corrected chi connectivity index (χ0v) is 33.7. The summed E-state index contributed by atoms with van der Waals surface area (Å²) in [5.74, 6) is -6.55. The molecule has 0 bridgehead atoms. The molecule has 6 rings (SSSR count). The predicted molar refractivity (Wildman–Crippen MR) is 204 cm³/mol. The number of aromatic carboxylic acids is 1. The molecule has 16 nitrogen and oxygen atoms in total. The number of nitrogens with zero attached hydrogens (tertiary/aromatic N) is 2. The molecule has 4 aliphatic rings. The van der Waals surface area contributed by atoms with Crippen LogP contribution in [0.2, 0.25) is 5.02 Å². The topological polar surface area (TPSA) is 218 Å². The molecular formula is C39H45ClFN5O11S. The second-order valence-electron chi connectivity index (χ2n) is 15.9. The van der Waals surface area contributed by atoms with Crippen molar-refractivity contribution in [3.05, 3.63) is 76.1 Å². The molecule has 312 valence electrons. The highest BCUT2D eigenvalue weighted by molar-refractivity contribution is 7.90. The summed E-state index contributed by atoms with van der Waals surface area (Å²) in [4.78, 5) is 82.2. The summed E-state index contributed by atoms with van der Waals surface area (Å²) in [6.07, 6.45) is 3.20. The molecule has 1 saturated carbocycles. The summed E-state index contributed by atoms with van der Waals surface area (Å²) in [6, 6.07) is 5.99. The average molecular weight is 846 g/mol. The third-order valence-corrected chi connectivity index (χ3v) is 12.1. The van der Waals surface area contributed by atoms with Crippen LogP contribution < -0.4 is 15.4 Å². The molecule has 19 heteroatoms. The number of halogens is 2. The van der Waals surface area contributed by atoms with Gasteiger partial charge in [0, 0.05) is 25.4 Å². The van der Waals surface area contributed by atoms with Crippen molar-refractivity contribution in [2.45, 2.75) is 113 Å². The van der Waals surface area contributed by atoms with E-state index >= 15 is 0 Å². The first-order valence-corrected chi connectivity index (χ1v) is 20.7. The quantitative estimate of drug-likeness (QED) is 0.299. The molecule has 5 atom stereocenters. The molecule has 1 saturated heterocycles. The van der Waals surface area contributed by atoms with Crippen LogP contribution in [0.15, 0.2) is 53.4 Å². The van der Waals surface area contributed by atoms with E-state index in [0.29, 0.717) is 50.9 Å². The standard InChI is InChI=1S/C39H45ClFN5O11S/c1-38(2,3)57-36(52)42-29-14-8-6-4-5-7-13-24-18-39(24,35(51)44-58(54,55)31-16-26(34(49)50)27(40)17-28(31)41)43-32(47)30-15-25(21-46(30)33(29)48)56-37(53)45-19-22-11-9-10-12-23(22)20-45/h7,9-13,16-17,24-25,29-30H,4-6,8,14-15,18-21H2,1-3H3,(H,42,52)(H,43,47)(H,44,51)(H,49,50)/b13-7+/t24-,25-,29+,30+,39-/m1/s1. The molecule has 0 unspecified atom stereocenters. The van der Waals surface area contributed by atoms with Crippen LogP contribution in [0.3, 0.4) is 0 Å². The van der Waals surface area contributed by atoms with Crippen LogP contribution in [0.1, 0.15) is 87.2 Å². The number of amides is 5. The molecule has 3 aliphatic heterocycles. The number of hydrogen-bond acceptors (Lipinski definition) is 10. The van der Waals surface area contributed by atoms with Gasteiger partial charge < -0.3 is 30.1 Å². The lowest BCUT2D eigenvalue weighted by Gasteiger charge is -2.30. The fourth-order valence-electron chi connectivity index (χ4n) is 7.46. The van der Waals surface area contributed by atoms with Crippen molar-refractivity contribution in [2.24, 2.45) is 5.92 Å². The number of hydrogen-bond donors (Lipinski definition) is 4. The molecule has 4 N–H and O–H groups in total. The Morgan fingerprint density at radius 1 is 1.05 bits per heavy atom. The van der Waals surface area contributed by atoms with Crippen molar-refractivity contribution in [3.63, 3.8) is 0 Å². The van der Waals surface area contributed by atoms with Crippen LogP contribution in [0, 0.1) is 11.7 Å². The minimum absolute atomic E-state index is 0.0719. The Labute approximate surface area is 339 Å². The molecule has 2 fully saturated rings. The molecule has 0 radical (unpaired) electrons. The number of benzene rings is 2. The third-order valence-electron chi connectivity index (χ3n) is 10.5. The van der Waals surface area contributed by atoms with Crippen LogP contribution >= 0.6 is 11.6 Å². The molecule has 2 aromatic rings. The Balaban J connectivity index is 1.28. The minimum atomic E-state index is -5.07. The van der Waals surface area contributed by atoms with Crippen molar-refractivity contribution in [3.8, 4) is 0 Å². The van der Waals surface area contributed by atoms with Crippen molar-refractivity contribution < 1.29 is 56.2 Å². The Morgan fingerprint density at radius 2 is 1.74 bits per heavy atom. The number of sulfonamides is 1. The lowest BCUT2D eigenvalue weighted by atomic mass is 10.0. The zero-order valence-electron chi connectivity index (χ0n) is 32.1. The van der Waals surface area contributed by atoms with Crippen LogP contribution in [-0.4, -0.2) is 95.1 Å². The Bertz CT molecular complexity index is 2140. The number of alkyl carbamates (subject to hydrolysis) is 1. The summed E-state index contributed by atoms with van der Waals surface area (Å²) < 4.78 is 54.8. The number of carboxylic acid groups (broad SMARTS) is 1. The lowest BCUT2D eigenvalue weighted by molar-refractivity contribution is -0.141. The first-order valence-electron chi connectivity index (χ1n) is 18.9. The van der Waals surface area contributed by atoms with Gasteiger partial charge >= 0.3 is 18.2 Å². The van der Waals surface area contributed by atoms with E-state index in [2.05, 4.69) is 10.6 Å². The maximum absolute atomic E-state index is 14.9. The van der Waals surface area contributed by atoms with Gasteiger partial charge in [0.15, 0.2) is 0 Å². The van der Waals surface area contributed by atoms with E-state index in [9.17, 15) is 46.7 Å². The Hall–Kier alpha value is -5.23. The maximum atomic E-state index is 14.9. The number of nitrogens with one attached hydrogen (secondary N) is 3. The van der Waals surface area contributed by atoms with Gasteiger partial charge in [-0.05, 0) is 69.7 Å². The summed E-state index contributed by atoms with van der Waals surface area (Å²) in [6.45, 7) is 5.34. The van der Waals surface area contributed by atoms with E-state index in [0.717, 1.165) is 11.1 Å². The number of carbonyl (C=O) groups is 6. The van der Waals surface area contributed by atoms with Crippen LogP contribution in [0.25, 0.3) is 0 Å². The summed E-state index contributed by atoms with van der Waals surface area (Å²) in [5, 5.41) is 14.2. The highest BCUT2D eigenvalue weighted by Gasteiger charge is 2.62. The summed E-state index contributed by atoms with van der Waals surface area (Å²) in [7, 11) is -5.07. The number of carboxylic acids is 1. The molecule has 1 aliphatic carbocycles. The Kier molecular flexibility index (Phi) is 12.1. The smallest absolute Gasteiger partial charge is 0.410 e. The average Bonchev–Trinajstić information content (AvgIpc) is 3.43. The number of carbonyl (C=O) groups excluding carboxylic acids is 5. The number of allylic oxidation sites excluding steroid dienone is 1. The van der Waals surface area contributed by atoms with Gasteiger partial charge in [0.1, 0.15) is 40.0 Å².